The van der Waals surface area contributed by atoms with Crippen molar-refractivity contribution in [3.8, 4) is 0 Å². The molecule has 0 amide bonds. The van der Waals surface area contributed by atoms with Crippen molar-refractivity contribution in [1.82, 2.24) is 0 Å². The zero-order chi connectivity index (χ0) is 12.0. The van der Waals surface area contributed by atoms with E-state index in [-0.39, 0.29) is 12.0 Å². The summed E-state index contributed by atoms with van der Waals surface area (Å²) in [5.74, 6) is 0.543. The standard InChI is InChI=1S/C12H17NO2S/c1-9(13)10-5-3-4-6-11(10)16-8-7-12(14)15-2/h3-6,9H,7-8,13H2,1-2H3. The summed E-state index contributed by atoms with van der Waals surface area (Å²) in [5.41, 5.74) is 6.99. The van der Waals surface area contributed by atoms with E-state index >= 15 is 0 Å². The van der Waals surface area contributed by atoms with Crippen LogP contribution in [0.5, 0.6) is 0 Å². The Balaban J connectivity index is 2.56. The van der Waals surface area contributed by atoms with Gasteiger partial charge in [-0.25, -0.2) is 0 Å². The summed E-state index contributed by atoms with van der Waals surface area (Å²) in [6.45, 7) is 1.96. The molecule has 0 heterocycles. The molecular weight excluding hydrogens is 222 g/mol. The van der Waals surface area contributed by atoms with Gasteiger partial charge < -0.3 is 10.5 Å². The third kappa shape index (κ3) is 3.87. The fourth-order valence-corrected chi connectivity index (χ4v) is 2.42. The summed E-state index contributed by atoms with van der Waals surface area (Å²) in [5, 5.41) is 0. The van der Waals surface area contributed by atoms with Crippen LogP contribution in [-0.2, 0) is 9.53 Å². The lowest BCUT2D eigenvalue weighted by Gasteiger charge is -2.11. The van der Waals surface area contributed by atoms with E-state index < -0.39 is 0 Å². The minimum absolute atomic E-state index is 0.0156. The third-order valence-corrected chi connectivity index (χ3v) is 3.29. The predicted octanol–water partition coefficient (Wildman–Crippen LogP) is 2.36. The maximum Gasteiger partial charge on any atom is 0.306 e. The van der Waals surface area contributed by atoms with Crippen LogP contribution in [0.3, 0.4) is 0 Å². The molecular formula is C12H17NO2S. The normalized spacial score (nSPS) is 12.2. The van der Waals surface area contributed by atoms with Crippen LogP contribution in [0.4, 0.5) is 0 Å². The van der Waals surface area contributed by atoms with E-state index in [9.17, 15) is 4.79 Å². The molecule has 0 aliphatic heterocycles. The Labute approximate surface area is 100 Å². The summed E-state index contributed by atoms with van der Waals surface area (Å²) in [6.07, 6.45) is 0.425. The maximum atomic E-state index is 11.0. The first-order valence-corrected chi connectivity index (χ1v) is 6.18. The van der Waals surface area contributed by atoms with E-state index in [2.05, 4.69) is 4.74 Å². The summed E-state index contributed by atoms with van der Waals surface area (Å²) in [7, 11) is 1.41. The van der Waals surface area contributed by atoms with Crippen molar-refractivity contribution in [2.75, 3.05) is 12.9 Å². The molecule has 0 saturated carbocycles. The van der Waals surface area contributed by atoms with Crippen LogP contribution < -0.4 is 5.73 Å². The number of esters is 1. The highest BCUT2D eigenvalue weighted by Gasteiger charge is 2.07. The molecule has 0 spiro atoms. The fourth-order valence-electron chi connectivity index (χ4n) is 1.33. The van der Waals surface area contributed by atoms with E-state index in [0.717, 1.165) is 16.2 Å². The number of nitrogens with two attached hydrogens (primary N) is 1. The first-order chi connectivity index (χ1) is 7.65. The van der Waals surface area contributed by atoms with Gasteiger partial charge in [0.2, 0.25) is 0 Å². The molecule has 16 heavy (non-hydrogen) atoms. The van der Waals surface area contributed by atoms with Crippen molar-refractivity contribution in [2.24, 2.45) is 5.73 Å². The Morgan fingerprint density at radius 2 is 2.19 bits per heavy atom. The van der Waals surface area contributed by atoms with E-state index in [1.54, 1.807) is 11.8 Å². The van der Waals surface area contributed by atoms with Gasteiger partial charge in [0.05, 0.1) is 13.5 Å². The number of benzene rings is 1. The molecule has 0 radical (unpaired) electrons. The lowest BCUT2D eigenvalue weighted by molar-refractivity contribution is -0.140. The number of ether oxygens (including phenoxy) is 1. The van der Waals surface area contributed by atoms with E-state index in [4.69, 9.17) is 5.73 Å². The smallest absolute Gasteiger partial charge is 0.306 e. The molecule has 0 fully saturated rings. The van der Waals surface area contributed by atoms with Crippen molar-refractivity contribution in [3.05, 3.63) is 29.8 Å². The van der Waals surface area contributed by atoms with Crippen molar-refractivity contribution in [1.29, 1.82) is 0 Å². The van der Waals surface area contributed by atoms with Crippen LogP contribution in [0.25, 0.3) is 0 Å². The van der Waals surface area contributed by atoms with Crippen molar-refractivity contribution < 1.29 is 9.53 Å². The average Bonchev–Trinajstić information content (AvgIpc) is 2.29. The van der Waals surface area contributed by atoms with Gasteiger partial charge in [-0.05, 0) is 18.6 Å². The molecule has 3 nitrogen and oxygen atoms in total. The second kappa shape index (κ2) is 6.55. The van der Waals surface area contributed by atoms with Gasteiger partial charge in [0.15, 0.2) is 0 Å². The van der Waals surface area contributed by atoms with E-state index in [0.29, 0.717) is 6.42 Å². The topological polar surface area (TPSA) is 52.3 Å². The molecule has 0 saturated heterocycles. The van der Waals surface area contributed by atoms with E-state index in [1.807, 2.05) is 31.2 Å². The van der Waals surface area contributed by atoms with Gasteiger partial charge in [-0.15, -0.1) is 11.8 Å². The number of hydrogen-bond donors (Lipinski definition) is 1. The lowest BCUT2D eigenvalue weighted by atomic mass is 10.1. The average molecular weight is 239 g/mol. The summed E-state index contributed by atoms with van der Waals surface area (Å²) >= 11 is 1.64. The van der Waals surface area contributed by atoms with Crippen molar-refractivity contribution in [2.45, 2.75) is 24.3 Å². The quantitative estimate of drug-likeness (QED) is 0.633. The fraction of sp³-hybridized carbons (Fsp3) is 0.417. The molecule has 1 aromatic rings. The summed E-state index contributed by atoms with van der Waals surface area (Å²) in [6, 6.07) is 8.02. The van der Waals surface area contributed by atoms with Crippen LogP contribution in [0.15, 0.2) is 29.2 Å². The van der Waals surface area contributed by atoms with Gasteiger partial charge in [0.1, 0.15) is 0 Å². The number of carbonyl (C=O) groups is 1. The number of thioether (sulfide) groups is 1. The molecule has 0 aromatic heterocycles. The molecule has 88 valence electrons. The van der Waals surface area contributed by atoms with Gasteiger partial charge in [0.25, 0.3) is 0 Å². The minimum atomic E-state index is -0.175. The van der Waals surface area contributed by atoms with Crippen LogP contribution in [0, 0.1) is 0 Å². The summed E-state index contributed by atoms with van der Waals surface area (Å²) < 4.78 is 4.59. The Morgan fingerprint density at radius 3 is 2.81 bits per heavy atom. The van der Waals surface area contributed by atoms with Crippen LogP contribution in [0.2, 0.25) is 0 Å². The first kappa shape index (κ1) is 13.1. The Kier molecular flexibility index (Phi) is 5.35. The second-order valence-electron chi connectivity index (χ2n) is 3.50. The Hall–Kier alpha value is -1.00. The number of hydrogen-bond acceptors (Lipinski definition) is 4. The molecule has 1 aromatic carbocycles. The largest absolute Gasteiger partial charge is 0.469 e. The highest BCUT2D eigenvalue weighted by Crippen LogP contribution is 2.26. The van der Waals surface area contributed by atoms with Crippen LogP contribution >= 0.6 is 11.8 Å². The van der Waals surface area contributed by atoms with Crippen molar-refractivity contribution >= 4 is 17.7 Å². The SMILES string of the molecule is COC(=O)CCSc1ccccc1C(C)N. The summed E-state index contributed by atoms with van der Waals surface area (Å²) in [4.78, 5) is 12.1. The van der Waals surface area contributed by atoms with Gasteiger partial charge in [0, 0.05) is 16.7 Å². The lowest BCUT2D eigenvalue weighted by Crippen LogP contribution is -2.06. The zero-order valence-electron chi connectivity index (χ0n) is 9.60. The highest BCUT2D eigenvalue weighted by molar-refractivity contribution is 7.99. The highest BCUT2D eigenvalue weighted by atomic mass is 32.2. The van der Waals surface area contributed by atoms with Gasteiger partial charge in [-0.2, -0.15) is 0 Å². The molecule has 1 atom stereocenters. The van der Waals surface area contributed by atoms with Crippen LogP contribution in [-0.4, -0.2) is 18.8 Å². The molecule has 0 aliphatic rings. The van der Waals surface area contributed by atoms with Gasteiger partial charge in [-0.1, -0.05) is 18.2 Å². The molecule has 4 heteroatoms. The zero-order valence-corrected chi connectivity index (χ0v) is 10.4. The Bertz CT molecular complexity index is 353. The number of rotatable bonds is 5. The number of carbonyl (C=O) groups excluding carboxylic acids is 1. The second-order valence-corrected chi connectivity index (χ2v) is 4.64. The predicted molar refractivity (Wildman–Crippen MR) is 66.4 cm³/mol. The van der Waals surface area contributed by atoms with Gasteiger partial charge in [-0.3, -0.25) is 4.79 Å². The molecule has 0 aliphatic carbocycles. The van der Waals surface area contributed by atoms with E-state index in [1.165, 1.54) is 7.11 Å². The monoisotopic (exact) mass is 239 g/mol. The first-order valence-electron chi connectivity index (χ1n) is 5.19. The molecule has 0 bridgehead atoms. The van der Waals surface area contributed by atoms with Gasteiger partial charge >= 0.3 is 5.97 Å². The van der Waals surface area contributed by atoms with Crippen molar-refractivity contribution in [3.63, 3.8) is 0 Å². The maximum absolute atomic E-state index is 11.0. The third-order valence-electron chi connectivity index (χ3n) is 2.20. The molecule has 1 unspecified atom stereocenters. The number of methoxy groups -OCH3 is 1. The minimum Gasteiger partial charge on any atom is -0.469 e. The Morgan fingerprint density at radius 1 is 1.50 bits per heavy atom. The molecule has 2 N–H and O–H groups in total. The molecule has 1 rings (SSSR count). The van der Waals surface area contributed by atoms with Crippen LogP contribution in [0.1, 0.15) is 24.9 Å².